The van der Waals surface area contributed by atoms with Crippen LogP contribution in [0.1, 0.15) is 0 Å². The van der Waals surface area contributed by atoms with Crippen LogP contribution in [0.15, 0.2) is 43.0 Å². The zero-order valence-corrected chi connectivity index (χ0v) is 6.38. The molecule has 0 atom stereocenters. The largest absolute Gasteiger partial charge is 0.508 e. The van der Waals surface area contributed by atoms with Crippen molar-refractivity contribution in [1.29, 1.82) is 0 Å². The summed E-state index contributed by atoms with van der Waals surface area (Å²) in [6.07, 6.45) is 5.22. The summed E-state index contributed by atoms with van der Waals surface area (Å²) in [5.74, 6) is 0.265. The van der Waals surface area contributed by atoms with E-state index in [1.807, 2.05) is 16.8 Å². The van der Waals surface area contributed by atoms with Crippen LogP contribution in [0.5, 0.6) is 5.75 Å². The minimum atomic E-state index is 0.265. The zero-order chi connectivity index (χ0) is 8.39. The van der Waals surface area contributed by atoms with E-state index in [1.165, 1.54) is 0 Å². The van der Waals surface area contributed by atoms with Crippen LogP contribution in [0, 0.1) is 0 Å². The number of rotatable bonds is 1. The quantitative estimate of drug-likeness (QED) is 0.687. The molecular weight excluding hydrogens is 152 g/mol. The molecule has 3 nitrogen and oxygen atoms in total. The minimum Gasteiger partial charge on any atom is -0.508 e. The van der Waals surface area contributed by atoms with Gasteiger partial charge in [0.25, 0.3) is 0 Å². The van der Waals surface area contributed by atoms with Gasteiger partial charge in [-0.15, -0.1) is 0 Å². The van der Waals surface area contributed by atoms with E-state index in [4.69, 9.17) is 0 Å². The number of aromatic hydroxyl groups is 1. The van der Waals surface area contributed by atoms with Crippen molar-refractivity contribution in [3.63, 3.8) is 0 Å². The molecule has 0 radical (unpaired) electrons. The Bertz CT molecular complexity index is 368. The van der Waals surface area contributed by atoms with Gasteiger partial charge in [-0.1, -0.05) is 6.07 Å². The van der Waals surface area contributed by atoms with Crippen molar-refractivity contribution in [3.05, 3.63) is 43.0 Å². The summed E-state index contributed by atoms with van der Waals surface area (Å²) in [7, 11) is 0. The van der Waals surface area contributed by atoms with E-state index < -0.39 is 0 Å². The van der Waals surface area contributed by atoms with Crippen LogP contribution in [0.3, 0.4) is 0 Å². The van der Waals surface area contributed by atoms with Crippen LogP contribution in [0.2, 0.25) is 0 Å². The van der Waals surface area contributed by atoms with Gasteiger partial charge in [0.15, 0.2) is 0 Å². The lowest BCUT2D eigenvalue weighted by Gasteiger charge is -2.00. The lowest BCUT2D eigenvalue weighted by atomic mass is 10.3. The molecule has 0 aliphatic rings. The molecule has 0 aliphatic heterocycles. The molecule has 2 aromatic rings. The Balaban J connectivity index is 2.48. The third-order valence-electron chi connectivity index (χ3n) is 1.63. The molecule has 12 heavy (non-hydrogen) atoms. The molecule has 0 bridgehead atoms. The predicted molar refractivity (Wildman–Crippen MR) is 45.2 cm³/mol. The van der Waals surface area contributed by atoms with Crippen molar-refractivity contribution < 1.29 is 5.11 Å². The van der Waals surface area contributed by atoms with Gasteiger partial charge in [0.05, 0.1) is 12.0 Å². The second kappa shape index (κ2) is 2.70. The van der Waals surface area contributed by atoms with Gasteiger partial charge >= 0.3 is 0 Å². The number of phenols is 1. The molecule has 0 unspecified atom stereocenters. The number of hydrogen-bond acceptors (Lipinski definition) is 2. The summed E-state index contributed by atoms with van der Waals surface area (Å²) < 4.78 is 1.83. The zero-order valence-electron chi connectivity index (χ0n) is 6.38. The first-order valence-electron chi connectivity index (χ1n) is 3.63. The van der Waals surface area contributed by atoms with Crippen LogP contribution in [-0.4, -0.2) is 14.7 Å². The second-order valence-corrected chi connectivity index (χ2v) is 2.49. The van der Waals surface area contributed by atoms with E-state index >= 15 is 0 Å². The van der Waals surface area contributed by atoms with Crippen LogP contribution >= 0.6 is 0 Å². The van der Waals surface area contributed by atoms with Gasteiger partial charge in [-0.25, -0.2) is 4.98 Å². The fraction of sp³-hybridized carbons (Fsp3) is 0. The lowest BCUT2D eigenvalue weighted by Crippen LogP contribution is -1.87. The fourth-order valence-electron chi connectivity index (χ4n) is 1.07. The van der Waals surface area contributed by atoms with Gasteiger partial charge in [-0.05, 0) is 12.1 Å². The molecule has 3 heteroatoms. The Morgan fingerprint density at radius 1 is 1.33 bits per heavy atom. The highest BCUT2D eigenvalue weighted by atomic mass is 16.3. The first-order valence-corrected chi connectivity index (χ1v) is 3.63. The van der Waals surface area contributed by atoms with E-state index in [2.05, 4.69) is 4.98 Å². The van der Waals surface area contributed by atoms with Crippen molar-refractivity contribution in [3.8, 4) is 11.4 Å². The molecule has 1 aromatic carbocycles. The Morgan fingerprint density at radius 2 is 2.25 bits per heavy atom. The standard InChI is InChI=1S/C9H8N2O/c12-9-3-1-2-8(6-9)11-5-4-10-7-11/h1-7,12H. The Kier molecular flexibility index (Phi) is 1.55. The van der Waals surface area contributed by atoms with Gasteiger partial charge in [0, 0.05) is 18.5 Å². The number of benzene rings is 1. The fourth-order valence-corrected chi connectivity index (χ4v) is 1.07. The average molecular weight is 160 g/mol. The maximum Gasteiger partial charge on any atom is 0.117 e. The van der Waals surface area contributed by atoms with Gasteiger partial charge in [-0.3, -0.25) is 0 Å². The molecule has 0 aliphatic carbocycles. The Morgan fingerprint density at radius 3 is 2.92 bits per heavy atom. The highest BCUT2D eigenvalue weighted by molar-refractivity contribution is 5.38. The van der Waals surface area contributed by atoms with Crippen LogP contribution in [-0.2, 0) is 0 Å². The molecule has 1 heterocycles. The summed E-state index contributed by atoms with van der Waals surface area (Å²) >= 11 is 0. The SMILES string of the molecule is Oc1cccc(-n2ccnc2)c1. The smallest absolute Gasteiger partial charge is 0.117 e. The molecule has 0 saturated heterocycles. The van der Waals surface area contributed by atoms with E-state index in [-0.39, 0.29) is 5.75 Å². The number of nitrogens with zero attached hydrogens (tertiary/aromatic N) is 2. The summed E-state index contributed by atoms with van der Waals surface area (Å²) in [5, 5.41) is 9.18. The predicted octanol–water partition coefficient (Wildman–Crippen LogP) is 1.58. The van der Waals surface area contributed by atoms with Gasteiger partial charge in [0.2, 0.25) is 0 Å². The van der Waals surface area contributed by atoms with E-state index in [9.17, 15) is 5.11 Å². The Hall–Kier alpha value is -1.77. The second-order valence-electron chi connectivity index (χ2n) is 2.49. The summed E-state index contributed by atoms with van der Waals surface area (Å²) in [5.41, 5.74) is 0.910. The number of aromatic nitrogens is 2. The van der Waals surface area contributed by atoms with Crippen LogP contribution in [0.25, 0.3) is 5.69 Å². The van der Waals surface area contributed by atoms with Crippen LogP contribution < -0.4 is 0 Å². The van der Waals surface area contributed by atoms with Crippen LogP contribution in [0.4, 0.5) is 0 Å². The highest BCUT2D eigenvalue weighted by Crippen LogP contribution is 2.14. The molecule has 60 valence electrons. The molecule has 1 N–H and O–H groups in total. The Labute approximate surface area is 69.9 Å². The van der Waals surface area contributed by atoms with Crippen molar-refractivity contribution in [2.24, 2.45) is 0 Å². The summed E-state index contributed by atoms with van der Waals surface area (Å²) in [6, 6.07) is 7.02. The molecular formula is C9H8N2O. The van der Waals surface area contributed by atoms with Crippen molar-refractivity contribution in [2.45, 2.75) is 0 Å². The van der Waals surface area contributed by atoms with Crippen molar-refractivity contribution >= 4 is 0 Å². The molecule has 0 fully saturated rings. The average Bonchev–Trinajstić information content (AvgIpc) is 2.56. The topological polar surface area (TPSA) is 38.0 Å². The maximum atomic E-state index is 9.18. The molecule has 0 spiro atoms. The lowest BCUT2D eigenvalue weighted by molar-refractivity contribution is 0.475. The first kappa shape index (κ1) is 6.91. The van der Waals surface area contributed by atoms with Gasteiger partial charge in [0.1, 0.15) is 5.75 Å². The summed E-state index contributed by atoms with van der Waals surface area (Å²) in [6.45, 7) is 0. The normalized spacial score (nSPS) is 10.0. The van der Waals surface area contributed by atoms with E-state index in [1.54, 1.807) is 30.7 Å². The van der Waals surface area contributed by atoms with Crippen molar-refractivity contribution in [2.75, 3.05) is 0 Å². The number of phenolic OH excluding ortho intramolecular Hbond substituents is 1. The molecule has 0 amide bonds. The monoisotopic (exact) mass is 160 g/mol. The molecule has 1 aromatic heterocycles. The molecule has 2 rings (SSSR count). The third-order valence-corrected chi connectivity index (χ3v) is 1.63. The number of hydrogen-bond donors (Lipinski definition) is 1. The van der Waals surface area contributed by atoms with Crippen molar-refractivity contribution in [1.82, 2.24) is 9.55 Å². The van der Waals surface area contributed by atoms with E-state index in [0.717, 1.165) is 5.69 Å². The summed E-state index contributed by atoms with van der Waals surface area (Å²) in [4.78, 5) is 3.91. The molecule has 0 saturated carbocycles. The van der Waals surface area contributed by atoms with E-state index in [0.29, 0.717) is 0 Å². The minimum absolute atomic E-state index is 0.265. The highest BCUT2D eigenvalue weighted by Gasteiger charge is 1.94. The third kappa shape index (κ3) is 1.16. The first-order chi connectivity index (χ1) is 5.86. The number of imidazole rings is 1. The maximum absolute atomic E-state index is 9.18. The van der Waals surface area contributed by atoms with Gasteiger partial charge < -0.3 is 9.67 Å². The van der Waals surface area contributed by atoms with Gasteiger partial charge in [-0.2, -0.15) is 0 Å².